The van der Waals surface area contributed by atoms with E-state index in [1.54, 1.807) is 46.1 Å². The van der Waals surface area contributed by atoms with Crippen LogP contribution in [0.2, 0.25) is 0 Å². The van der Waals surface area contributed by atoms with Gasteiger partial charge in [0.2, 0.25) is 0 Å². The van der Waals surface area contributed by atoms with Crippen molar-refractivity contribution in [2.45, 2.75) is 27.2 Å². The van der Waals surface area contributed by atoms with Crippen molar-refractivity contribution in [3.8, 4) is 11.5 Å². The van der Waals surface area contributed by atoms with E-state index in [4.69, 9.17) is 9.47 Å². The summed E-state index contributed by atoms with van der Waals surface area (Å²) in [7, 11) is 3.11. The number of hydrogen-bond donors (Lipinski definition) is 0. The van der Waals surface area contributed by atoms with Gasteiger partial charge in [0.15, 0.2) is 5.75 Å². The molecular formula is C22H23FN2O4. The fraction of sp³-hybridized carbons (Fsp3) is 0.318. The van der Waals surface area contributed by atoms with Crippen molar-refractivity contribution >= 4 is 17.0 Å². The van der Waals surface area contributed by atoms with Crippen LogP contribution in [-0.2, 0) is 18.3 Å². The van der Waals surface area contributed by atoms with E-state index in [1.807, 2.05) is 0 Å². The molecule has 29 heavy (non-hydrogen) atoms. The summed E-state index contributed by atoms with van der Waals surface area (Å²) in [6.45, 7) is 5.21. The van der Waals surface area contributed by atoms with Crippen LogP contribution in [-0.4, -0.2) is 22.6 Å². The predicted molar refractivity (Wildman–Crippen MR) is 108 cm³/mol. The van der Waals surface area contributed by atoms with E-state index < -0.39 is 11.4 Å². The number of hydrogen-bond acceptors (Lipinski definition) is 5. The summed E-state index contributed by atoms with van der Waals surface area (Å²) < 4.78 is 25.6. The summed E-state index contributed by atoms with van der Waals surface area (Å²) in [6.07, 6.45) is 2.08. The zero-order valence-corrected chi connectivity index (χ0v) is 17.1. The maximum Gasteiger partial charge on any atom is 0.316 e. The molecule has 0 saturated carbocycles. The lowest BCUT2D eigenvalue weighted by molar-refractivity contribution is -0.142. The molecule has 0 bridgehead atoms. The Morgan fingerprint density at radius 3 is 2.55 bits per heavy atom. The lowest BCUT2D eigenvalue weighted by Crippen LogP contribution is -2.27. The summed E-state index contributed by atoms with van der Waals surface area (Å²) in [4.78, 5) is 29.1. The highest BCUT2D eigenvalue weighted by Crippen LogP contribution is 2.27. The molecule has 7 heteroatoms. The minimum Gasteiger partial charge on any atom is -0.496 e. The fourth-order valence-corrected chi connectivity index (χ4v) is 2.85. The molecule has 2 heterocycles. The van der Waals surface area contributed by atoms with Crippen LogP contribution in [0.25, 0.3) is 11.0 Å². The number of methoxy groups -OCH3 is 1. The van der Waals surface area contributed by atoms with Gasteiger partial charge in [-0.1, -0.05) is 6.07 Å². The van der Waals surface area contributed by atoms with Gasteiger partial charge in [-0.25, -0.2) is 4.39 Å². The van der Waals surface area contributed by atoms with E-state index in [-0.39, 0.29) is 17.1 Å². The first kappa shape index (κ1) is 20.5. The van der Waals surface area contributed by atoms with Gasteiger partial charge < -0.3 is 14.0 Å². The number of esters is 1. The van der Waals surface area contributed by atoms with E-state index in [0.717, 1.165) is 11.1 Å². The SMILES string of the molecule is COc1cc(F)ccc1Cc1cnc2c(OC(=O)C(C)(C)C)cc(=O)n(C)c2c1. The molecule has 6 nitrogen and oxygen atoms in total. The summed E-state index contributed by atoms with van der Waals surface area (Å²) in [5, 5.41) is 0. The highest BCUT2D eigenvalue weighted by atomic mass is 19.1. The van der Waals surface area contributed by atoms with Gasteiger partial charge in [0, 0.05) is 31.8 Å². The molecule has 2 aromatic heterocycles. The van der Waals surface area contributed by atoms with Crippen LogP contribution in [0.3, 0.4) is 0 Å². The molecule has 1 aromatic carbocycles. The Bertz CT molecular complexity index is 1150. The molecule has 0 aliphatic heterocycles. The van der Waals surface area contributed by atoms with Crippen LogP contribution < -0.4 is 15.0 Å². The monoisotopic (exact) mass is 398 g/mol. The Hall–Kier alpha value is -3.22. The van der Waals surface area contributed by atoms with Crippen LogP contribution in [0, 0.1) is 11.2 Å². The quantitative estimate of drug-likeness (QED) is 0.628. The van der Waals surface area contributed by atoms with Crippen molar-refractivity contribution in [3.05, 3.63) is 63.8 Å². The molecular weight excluding hydrogens is 375 g/mol. The maximum absolute atomic E-state index is 13.4. The Morgan fingerprint density at radius 1 is 1.17 bits per heavy atom. The normalized spacial score (nSPS) is 11.5. The third-order valence-electron chi connectivity index (χ3n) is 4.56. The van der Waals surface area contributed by atoms with Crippen LogP contribution >= 0.6 is 0 Å². The molecule has 0 aliphatic rings. The minimum absolute atomic E-state index is 0.133. The number of aromatic nitrogens is 2. The van der Waals surface area contributed by atoms with Gasteiger partial charge >= 0.3 is 5.97 Å². The molecule has 3 rings (SSSR count). The molecule has 0 atom stereocenters. The molecule has 0 fully saturated rings. The van der Waals surface area contributed by atoms with Crippen molar-refractivity contribution in [1.29, 1.82) is 0 Å². The molecule has 3 aromatic rings. The average Bonchev–Trinajstić information content (AvgIpc) is 2.66. The largest absolute Gasteiger partial charge is 0.496 e. The van der Waals surface area contributed by atoms with Crippen LogP contribution in [0.1, 0.15) is 31.9 Å². The first-order valence-electron chi connectivity index (χ1n) is 9.13. The van der Waals surface area contributed by atoms with E-state index in [9.17, 15) is 14.0 Å². The fourth-order valence-electron chi connectivity index (χ4n) is 2.85. The summed E-state index contributed by atoms with van der Waals surface area (Å²) in [5.41, 5.74) is 1.51. The summed E-state index contributed by atoms with van der Waals surface area (Å²) in [5.74, 6) is -0.260. The number of fused-ring (bicyclic) bond motifs is 1. The standard InChI is InChI=1S/C22H23FN2O4/c1-22(2,3)21(27)29-18-11-19(26)25(4)16-9-13(12-24-20(16)18)8-14-6-7-15(23)10-17(14)28-5/h6-7,9-12H,8H2,1-5H3. The lowest BCUT2D eigenvalue weighted by Gasteiger charge is -2.17. The smallest absolute Gasteiger partial charge is 0.316 e. The van der Waals surface area contributed by atoms with E-state index in [0.29, 0.717) is 23.2 Å². The number of benzene rings is 1. The number of nitrogens with zero attached hydrogens (tertiary/aromatic N) is 2. The topological polar surface area (TPSA) is 70.4 Å². The number of rotatable bonds is 4. The van der Waals surface area contributed by atoms with Crippen LogP contribution in [0.15, 0.2) is 41.3 Å². The number of pyridine rings is 2. The number of halogens is 1. The maximum atomic E-state index is 13.4. The molecule has 0 radical (unpaired) electrons. The van der Waals surface area contributed by atoms with Crippen LogP contribution in [0.5, 0.6) is 11.5 Å². The third kappa shape index (κ3) is 4.29. The zero-order chi connectivity index (χ0) is 21.3. The zero-order valence-electron chi connectivity index (χ0n) is 17.1. The Kier molecular flexibility index (Phi) is 5.42. The number of carbonyl (C=O) groups excluding carboxylic acids is 1. The second kappa shape index (κ2) is 7.66. The van der Waals surface area contributed by atoms with E-state index >= 15 is 0 Å². The van der Waals surface area contributed by atoms with Crippen molar-refractivity contribution in [3.63, 3.8) is 0 Å². The van der Waals surface area contributed by atoms with Gasteiger partial charge in [-0.15, -0.1) is 0 Å². The minimum atomic E-state index is -0.716. The second-order valence-electron chi connectivity index (χ2n) is 7.89. The molecule has 0 aliphatic carbocycles. The number of aryl methyl sites for hydroxylation is 1. The van der Waals surface area contributed by atoms with Crippen molar-refractivity contribution in [1.82, 2.24) is 9.55 Å². The van der Waals surface area contributed by atoms with E-state index in [1.165, 1.54) is 29.9 Å². The third-order valence-corrected chi connectivity index (χ3v) is 4.56. The molecule has 0 saturated heterocycles. The van der Waals surface area contributed by atoms with Crippen molar-refractivity contribution in [2.24, 2.45) is 12.5 Å². The second-order valence-corrected chi connectivity index (χ2v) is 7.89. The average molecular weight is 398 g/mol. The predicted octanol–water partition coefficient (Wildman–Crippen LogP) is 3.62. The van der Waals surface area contributed by atoms with Crippen LogP contribution in [0.4, 0.5) is 4.39 Å². The first-order chi connectivity index (χ1) is 13.6. The Balaban J connectivity index is 2.05. The highest BCUT2D eigenvalue weighted by molar-refractivity contribution is 5.86. The summed E-state index contributed by atoms with van der Waals surface area (Å²) >= 11 is 0. The molecule has 0 unspecified atom stereocenters. The lowest BCUT2D eigenvalue weighted by atomic mass is 9.97. The first-order valence-corrected chi connectivity index (χ1v) is 9.13. The van der Waals surface area contributed by atoms with Gasteiger partial charge in [-0.2, -0.15) is 0 Å². The van der Waals surface area contributed by atoms with Gasteiger partial charge in [0.25, 0.3) is 5.56 Å². The van der Waals surface area contributed by atoms with Crippen molar-refractivity contribution < 1.29 is 18.7 Å². The molecule has 0 spiro atoms. The van der Waals surface area contributed by atoms with Gasteiger partial charge in [-0.05, 0) is 44.0 Å². The number of carbonyl (C=O) groups is 1. The molecule has 0 N–H and O–H groups in total. The van der Waals surface area contributed by atoms with Crippen molar-refractivity contribution in [2.75, 3.05) is 7.11 Å². The Morgan fingerprint density at radius 2 is 1.90 bits per heavy atom. The molecule has 0 amide bonds. The van der Waals surface area contributed by atoms with Gasteiger partial charge in [-0.3, -0.25) is 14.6 Å². The van der Waals surface area contributed by atoms with Gasteiger partial charge in [0.05, 0.1) is 18.0 Å². The number of ether oxygens (including phenoxy) is 2. The summed E-state index contributed by atoms with van der Waals surface area (Å²) in [6, 6.07) is 7.41. The molecule has 152 valence electrons. The van der Waals surface area contributed by atoms with E-state index in [2.05, 4.69) is 4.98 Å². The highest BCUT2D eigenvalue weighted by Gasteiger charge is 2.25. The Labute approximate surface area is 167 Å². The van der Waals surface area contributed by atoms with Gasteiger partial charge in [0.1, 0.15) is 17.1 Å².